The van der Waals surface area contributed by atoms with E-state index in [9.17, 15) is 10.1 Å². The summed E-state index contributed by atoms with van der Waals surface area (Å²) in [5.74, 6) is 1.82. The van der Waals surface area contributed by atoms with Crippen LogP contribution >= 0.6 is 0 Å². The number of anilines is 1. The first-order valence-corrected chi connectivity index (χ1v) is 11.8. The van der Waals surface area contributed by atoms with Gasteiger partial charge in [-0.05, 0) is 61.3 Å². The summed E-state index contributed by atoms with van der Waals surface area (Å²) in [6.45, 7) is 8.74. The Bertz CT molecular complexity index is 1040. The smallest absolute Gasteiger partial charge is 0.326 e. The Kier molecular flexibility index (Phi) is 8.27. The molecule has 0 N–H and O–H groups in total. The summed E-state index contributed by atoms with van der Waals surface area (Å²) in [5.41, 5.74) is 3.28. The van der Waals surface area contributed by atoms with Gasteiger partial charge in [0.15, 0.2) is 0 Å². The van der Waals surface area contributed by atoms with E-state index in [0.717, 1.165) is 29.7 Å². The second kappa shape index (κ2) is 11.1. The first-order valence-electron chi connectivity index (χ1n) is 11.8. The Morgan fingerprint density at radius 1 is 1.21 bits per heavy atom. The SMILES string of the molecule is C/N=C(\c1cccc(C#N)c1)N(CC(=O)O[C@@H]1C[C@H](C)CC[C@H]1C(C)C)c1ccccc1C. The standard InChI is InChI=1S/C28H35N3O2/c1-19(2)24-14-13-20(3)15-26(24)33-27(32)18-31(25-12-7-6-9-21(25)4)28(30-5)23-11-8-10-22(16-23)17-29/h6-12,16,19-20,24,26H,13-15,18H2,1-5H3/b30-28+/t20-,24+,26-/m1/s1. The highest BCUT2D eigenvalue weighted by molar-refractivity contribution is 6.12. The highest BCUT2D eigenvalue weighted by atomic mass is 16.5. The molecule has 3 atom stereocenters. The van der Waals surface area contributed by atoms with E-state index in [1.807, 2.05) is 48.2 Å². The van der Waals surface area contributed by atoms with Gasteiger partial charge in [-0.1, -0.05) is 57.5 Å². The quantitative estimate of drug-likeness (QED) is 0.322. The van der Waals surface area contributed by atoms with Crippen LogP contribution in [0, 0.1) is 36.0 Å². The van der Waals surface area contributed by atoms with Crippen LogP contribution in [-0.4, -0.2) is 31.5 Å². The van der Waals surface area contributed by atoms with Gasteiger partial charge in [0.25, 0.3) is 0 Å². The molecule has 174 valence electrons. The molecule has 0 saturated heterocycles. The minimum atomic E-state index is -0.249. The van der Waals surface area contributed by atoms with E-state index in [1.54, 1.807) is 19.2 Å². The maximum absolute atomic E-state index is 13.3. The molecule has 1 fully saturated rings. The van der Waals surface area contributed by atoms with Crippen molar-refractivity contribution in [3.8, 4) is 6.07 Å². The number of nitrogens with zero attached hydrogens (tertiary/aromatic N) is 3. The first kappa shape index (κ1) is 24.5. The third kappa shape index (κ3) is 6.01. The number of aliphatic imine (C=N–C) groups is 1. The van der Waals surface area contributed by atoms with Crippen LogP contribution in [0.25, 0.3) is 0 Å². The molecule has 0 aliphatic heterocycles. The lowest BCUT2D eigenvalue weighted by Crippen LogP contribution is -2.41. The fraction of sp³-hybridized carbons (Fsp3) is 0.464. The van der Waals surface area contributed by atoms with Crippen molar-refractivity contribution in [2.75, 3.05) is 18.5 Å². The minimum Gasteiger partial charge on any atom is -0.461 e. The van der Waals surface area contributed by atoms with Crippen LogP contribution in [0.1, 0.15) is 56.7 Å². The number of esters is 1. The summed E-state index contributed by atoms with van der Waals surface area (Å²) in [4.78, 5) is 19.7. The van der Waals surface area contributed by atoms with Crippen LogP contribution in [0.4, 0.5) is 5.69 Å². The highest BCUT2D eigenvalue weighted by Gasteiger charge is 2.34. The molecule has 33 heavy (non-hydrogen) atoms. The van der Waals surface area contributed by atoms with Gasteiger partial charge in [0.05, 0.1) is 11.6 Å². The molecule has 2 aromatic rings. The topological polar surface area (TPSA) is 65.7 Å². The molecule has 1 aliphatic rings. The number of nitriles is 1. The van der Waals surface area contributed by atoms with Crippen molar-refractivity contribution >= 4 is 17.5 Å². The van der Waals surface area contributed by atoms with Gasteiger partial charge in [-0.2, -0.15) is 5.26 Å². The van der Waals surface area contributed by atoms with E-state index in [2.05, 4.69) is 31.8 Å². The van der Waals surface area contributed by atoms with E-state index in [1.165, 1.54) is 6.42 Å². The Morgan fingerprint density at radius 2 is 1.97 bits per heavy atom. The molecule has 0 spiro atoms. The van der Waals surface area contributed by atoms with Crippen molar-refractivity contribution in [1.29, 1.82) is 5.26 Å². The third-order valence-electron chi connectivity index (χ3n) is 6.65. The van der Waals surface area contributed by atoms with Crippen LogP contribution in [0.2, 0.25) is 0 Å². The number of hydrogen-bond acceptors (Lipinski definition) is 4. The van der Waals surface area contributed by atoms with Crippen molar-refractivity contribution in [2.45, 2.75) is 53.1 Å². The Morgan fingerprint density at radius 3 is 2.64 bits per heavy atom. The second-order valence-electron chi connectivity index (χ2n) is 9.47. The minimum absolute atomic E-state index is 0.0519. The number of benzene rings is 2. The van der Waals surface area contributed by atoms with Gasteiger partial charge >= 0.3 is 5.97 Å². The molecule has 0 amide bonds. The van der Waals surface area contributed by atoms with E-state index in [-0.39, 0.29) is 18.6 Å². The summed E-state index contributed by atoms with van der Waals surface area (Å²) in [7, 11) is 1.71. The zero-order chi connectivity index (χ0) is 24.0. The Labute approximate surface area is 198 Å². The molecule has 5 nitrogen and oxygen atoms in total. The molecule has 2 aromatic carbocycles. The van der Waals surface area contributed by atoms with Gasteiger partial charge in [-0.3, -0.25) is 9.79 Å². The lowest BCUT2D eigenvalue weighted by atomic mass is 9.75. The number of rotatable bonds is 6. The summed E-state index contributed by atoms with van der Waals surface area (Å²) in [6.07, 6.45) is 3.15. The van der Waals surface area contributed by atoms with Gasteiger partial charge in [0, 0.05) is 18.3 Å². The van der Waals surface area contributed by atoms with E-state index >= 15 is 0 Å². The molecule has 0 radical (unpaired) electrons. The van der Waals surface area contributed by atoms with E-state index in [0.29, 0.717) is 29.2 Å². The maximum Gasteiger partial charge on any atom is 0.326 e. The number of amidine groups is 1. The van der Waals surface area contributed by atoms with Crippen molar-refractivity contribution in [2.24, 2.45) is 22.7 Å². The number of aryl methyl sites for hydroxylation is 1. The average molecular weight is 446 g/mol. The van der Waals surface area contributed by atoms with Crippen LogP contribution in [0.15, 0.2) is 53.5 Å². The van der Waals surface area contributed by atoms with Gasteiger partial charge < -0.3 is 9.64 Å². The van der Waals surface area contributed by atoms with Crippen molar-refractivity contribution in [1.82, 2.24) is 0 Å². The van der Waals surface area contributed by atoms with Gasteiger partial charge in [0.1, 0.15) is 18.5 Å². The number of carbonyl (C=O) groups is 1. The highest BCUT2D eigenvalue weighted by Crippen LogP contribution is 2.35. The summed E-state index contributed by atoms with van der Waals surface area (Å²) in [5, 5.41) is 9.36. The number of carbonyl (C=O) groups excluding carboxylic acids is 1. The lowest BCUT2D eigenvalue weighted by Gasteiger charge is -2.37. The van der Waals surface area contributed by atoms with Gasteiger partial charge in [-0.25, -0.2) is 0 Å². The second-order valence-corrected chi connectivity index (χ2v) is 9.47. The Balaban J connectivity index is 1.91. The molecule has 0 aromatic heterocycles. The molecule has 0 heterocycles. The zero-order valence-corrected chi connectivity index (χ0v) is 20.4. The molecule has 3 rings (SSSR count). The first-order chi connectivity index (χ1) is 15.8. The largest absolute Gasteiger partial charge is 0.461 e. The summed E-state index contributed by atoms with van der Waals surface area (Å²) >= 11 is 0. The van der Waals surface area contributed by atoms with Gasteiger partial charge in [-0.15, -0.1) is 0 Å². The average Bonchev–Trinajstić information content (AvgIpc) is 2.79. The molecule has 0 unspecified atom stereocenters. The number of hydrogen-bond donors (Lipinski definition) is 0. The predicted molar refractivity (Wildman–Crippen MR) is 133 cm³/mol. The van der Waals surface area contributed by atoms with E-state index < -0.39 is 0 Å². The fourth-order valence-electron chi connectivity index (χ4n) is 4.86. The fourth-order valence-corrected chi connectivity index (χ4v) is 4.86. The van der Waals surface area contributed by atoms with Crippen LogP contribution < -0.4 is 4.90 Å². The molecule has 1 aliphatic carbocycles. The number of para-hydroxylation sites is 1. The van der Waals surface area contributed by atoms with Gasteiger partial charge in [0.2, 0.25) is 0 Å². The third-order valence-corrected chi connectivity index (χ3v) is 6.65. The predicted octanol–water partition coefficient (Wildman–Crippen LogP) is 5.75. The van der Waals surface area contributed by atoms with Crippen molar-refractivity contribution in [3.05, 3.63) is 65.2 Å². The molecule has 0 bridgehead atoms. The van der Waals surface area contributed by atoms with E-state index in [4.69, 9.17) is 4.74 Å². The molecule has 5 heteroatoms. The van der Waals surface area contributed by atoms with Crippen LogP contribution in [-0.2, 0) is 9.53 Å². The number of ether oxygens (including phenoxy) is 1. The van der Waals surface area contributed by atoms with Crippen molar-refractivity contribution < 1.29 is 9.53 Å². The maximum atomic E-state index is 13.3. The zero-order valence-electron chi connectivity index (χ0n) is 20.4. The van der Waals surface area contributed by atoms with Crippen LogP contribution in [0.3, 0.4) is 0 Å². The Hall–Kier alpha value is -3.13. The summed E-state index contributed by atoms with van der Waals surface area (Å²) < 4.78 is 6.12. The molecule has 1 saturated carbocycles. The lowest BCUT2D eigenvalue weighted by molar-refractivity contribution is -0.154. The molecular weight excluding hydrogens is 410 g/mol. The van der Waals surface area contributed by atoms with Crippen LogP contribution in [0.5, 0.6) is 0 Å². The normalized spacial score (nSPS) is 20.9. The summed E-state index contributed by atoms with van der Waals surface area (Å²) in [6, 6.07) is 17.4. The monoisotopic (exact) mass is 445 g/mol. The van der Waals surface area contributed by atoms with Crippen molar-refractivity contribution in [3.63, 3.8) is 0 Å². The molecular formula is C28H35N3O2.